The molecule has 0 saturated carbocycles. The zero-order chi connectivity index (χ0) is 54.8. The predicted octanol–water partition coefficient (Wildman–Crippen LogP) is 4.82. The first-order chi connectivity index (χ1) is 36.3. The van der Waals surface area contributed by atoms with Gasteiger partial charge in [0, 0.05) is 6.42 Å². The Morgan fingerprint density at radius 2 is 0.760 bits per heavy atom. The largest absolute Gasteiger partial charge is 0.394 e. The molecule has 3 saturated heterocycles. The van der Waals surface area contributed by atoms with Crippen LogP contribution in [0, 0.1) is 0 Å². The molecule has 75 heavy (non-hydrogen) atoms. The van der Waals surface area contributed by atoms with E-state index in [-0.39, 0.29) is 18.9 Å². The van der Waals surface area contributed by atoms with Crippen molar-refractivity contribution in [1.29, 1.82) is 0 Å². The molecule has 1 amide bonds. The van der Waals surface area contributed by atoms with E-state index in [9.17, 15) is 61.0 Å². The highest BCUT2D eigenvalue weighted by atomic mass is 16.8. The highest BCUT2D eigenvalue weighted by Gasteiger charge is 2.53. The third kappa shape index (κ3) is 25.4. The Labute approximate surface area is 449 Å². The van der Waals surface area contributed by atoms with Gasteiger partial charge in [0.2, 0.25) is 5.91 Å². The maximum atomic E-state index is 13.3. The number of aliphatic hydroxyl groups is 11. The van der Waals surface area contributed by atoms with Crippen LogP contribution in [-0.4, -0.2) is 193 Å². The molecule has 0 aromatic carbocycles. The fraction of sp³-hybridized carbons (Fsp3) is 0.982. The summed E-state index contributed by atoms with van der Waals surface area (Å²) in [6.07, 6.45) is 10.5. The molecule has 17 atom stereocenters. The lowest BCUT2D eigenvalue weighted by Gasteiger charge is -2.48. The number of amides is 1. The summed E-state index contributed by atoms with van der Waals surface area (Å²) in [6, 6.07) is -0.879. The lowest BCUT2D eigenvalue weighted by atomic mass is 9.96. The van der Waals surface area contributed by atoms with E-state index in [4.69, 9.17) is 28.4 Å². The molecule has 0 spiro atoms. The first-order valence-corrected chi connectivity index (χ1v) is 29.8. The van der Waals surface area contributed by atoms with Crippen LogP contribution in [0.5, 0.6) is 0 Å². The molecule has 0 radical (unpaired) electrons. The number of unbranched alkanes of at least 4 members (excludes halogenated alkanes) is 28. The summed E-state index contributed by atoms with van der Waals surface area (Å²) in [4.78, 5) is 13.3. The number of nitrogens with one attached hydrogen (secondary N) is 1. The molecular weight excluding hydrogens is 975 g/mol. The summed E-state index contributed by atoms with van der Waals surface area (Å²) in [5.74, 6) is -0.242. The Morgan fingerprint density at radius 3 is 1.16 bits per heavy atom. The minimum atomic E-state index is -1.97. The first kappa shape index (κ1) is 68.1. The van der Waals surface area contributed by atoms with Gasteiger partial charge in [-0.3, -0.25) is 4.79 Å². The van der Waals surface area contributed by atoms with E-state index >= 15 is 0 Å². The van der Waals surface area contributed by atoms with E-state index < -0.39 is 124 Å². The van der Waals surface area contributed by atoms with Gasteiger partial charge in [0.05, 0.1) is 38.6 Å². The van der Waals surface area contributed by atoms with Crippen LogP contribution in [0.1, 0.15) is 219 Å². The van der Waals surface area contributed by atoms with E-state index in [2.05, 4.69) is 19.2 Å². The standard InChI is InChI=1S/C56H107NO18/c1-3-5-7-9-11-13-15-16-17-18-19-20-21-22-24-25-27-29-31-33-40(61)39(57-44(62)34-32-30-28-26-23-14-12-10-8-6-4-2)38-70-54-50(68)47(65)52(42(36-59)72-54)75-56-51(69)48(66)53(43(37-60)73-56)74-55-49(67)46(64)45(63)41(35-58)71-55/h39-43,45-56,58-61,63-69H,3-38H2,1-2H3,(H,57,62). The van der Waals surface area contributed by atoms with Gasteiger partial charge in [-0.2, -0.15) is 0 Å². The molecule has 3 aliphatic rings. The number of hydrogen-bond donors (Lipinski definition) is 12. The molecule has 3 fully saturated rings. The van der Waals surface area contributed by atoms with Crippen molar-refractivity contribution in [3.05, 3.63) is 0 Å². The van der Waals surface area contributed by atoms with Crippen LogP contribution in [0.2, 0.25) is 0 Å². The van der Waals surface area contributed by atoms with E-state index in [0.717, 1.165) is 44.9 Å². The molecule has 0 aromatic heterocycles. The summed E-state index contributed by atoms with van der Waals surface area (Å²) in [7, 11) is 0. The van der Waals surface area contributed by atoms with E-state index in [0.29, 0.717) is 12.8 Å². The minimum Gasteiger partial charge on any atom is -0.394 e. The number of hydrogen-bond acceptors (Lipinski definition) is 18. The molecule has 0 bridgehead atoms. The summed E-state index contributed by atoms with van der Waals surface area (Å²) >= 11 is 0. The number of carbonyl (C=O) groups is 1. The summed E-state index contributed by atoms with van der Waals surface area (Å²) in [5, 5.41) is 120. The van der Waals surface area contributed by atoms with Gasteiger partial charge in [-0.1, -0.05) is 200 Å². The number of ether oxygens (including phenoxy) is 6. The third-order valence-electron chi connectivity index (χ3n) is 15.4. The van der Waals surface area contributed by atoms with E-state index in [1.54, 1.807) is 0 Å². The van der Waals surface area contributed by atoms with Gasteiger partial charge in [0.15, 0.2) is 18.9 Å². The van der Waals surface area contributed by atoms with Crippen molar-refractivity contribution in [2.75, 3.05) is 26.4 Å². The van der Waals surface area contributed by atoms with Gasteiger partial charge in [-0.05, 0) is 12.8 Å². The maximum Gasteiger partial charge on any atom is 0.220 e. The van der Waals surface area contributed by atoms with Gasteiger partial charge >= 0.3 is 0 Å². The SMILES string of the molecule is CCCCCCCCCCCCCCCCCCCCCC(O)C(COC1OC(CO)C(OC2OC(CO)C(OC3OC(CO)C(O)C(O)C3O)C(O)C2O)C(O)C1O)NC(=O)CCCCCCCCCCCCC. The van der Waals surface area contributed by atoms with Gasteiger partial charge in [0.25, 0.3) is 0 Å². The molecule has 12 N–H and O–H groups in total. The van der Waals surface area contributed by atoms with Crippen LogP contribution in [0.4, 0.5) is 0 Å². The highest BCUT2D eigenvalue weighted by molar-refractivity contribution is 5.76. The molecule has 19 nitrogen and oxygen atoms in total. The smallest absolute Gasteiger partial charge is 0.220 e. The molecule has 3 rings (SSSR count). The first-order valence-electron chi connectivity index (χ1n) is 29.8. The average molecular weight is 1080 g/mol. The number of aliphatic hydroxyl groups excluding tert-OH is 11. The number of carbonyl (C=O) groups excluding carboxylic acids is 1. The van der Waals surface area contributed by atoms with Gasteiger partial charge < -0.3 is 89.9 Å². The lowest BCUT2D eigenvalue weighted by molar-refractivity contribution is -0.379. The van der Waals surface area contributed by atoms with Crippen molar-refractivity contribution in [2.24, 2.45) is 0 Å². The Morgan fingerprint density at radius 1 is 0.427 bits per heavy atom. The van der Waals surface area contributed by atoms with Gasteiger partial charge in [-0.25, -0.2) is 0 Å². The quantitative estimate of drug-likeness (QED) is 0.0364. The second kappa shape index (κ2) is 40.9. The third-order valence-corrected chi connectivity index (χ3v) is 15.4. The van der Waals surface area contributed by atoms with Crippen molar-refractivity contribution in [3.63, 3.8) is 0 Å². The highest BCUT2D eigenvalue weighted by Crippen LogP contribution is 2.33. The van der Waals surface area contributed by atoms with Crippen molar-refractivity contribution < 1.29 is 89.4 Å². The van der Waals surface area contributed by atoms with Crippen LogP contribution in [0.3, 0.4) is 0 Å². The molecule has 0 aliphatic carbocycles. The minimum absolute atomic E-state index is 0.242. The van der Waals surface area contributed by atoms with E-state index in [1.807, 2.05) is 0 Å². The molecule has 444 valence electrons. The van der Waals surface area contributed by atoms with Crippen LogP contribution in [0.25, 0.3) is 0 Å². The van der Waals surface area contributed by atoms with Crippen LogP contribution in [-0.2, 0) is 33.2 Å². The fourth-order valence-electron chi connectivity index (χ4n) is 10.5. The van der Waals surface area contributed by atoms with E-state index in [1.165, 1.54) is 141 Å². The second-order valence-corrected chi connectivity index (χ2v) is 21.8. The average Bonchev–Trinajstić information content (AvgIpc) is 3.41. The molecule has 19 heteroatoms. The van der Waals surface area contributed by atoms with Crippen molar-refractivity contribution >= 4 is 5.91 Å². The van der Waals surface area contributed by atoms with Crippen molar-refractivity contribution in [1.82, 2.24) is 5.32 Å². The van der Waals surface area contributed by atoms with Gasteiger partial charge in [-0.15, -0.1) is 0 Å². The summed E-state index contributed by atoms with van der Waals surface area (Å²) < 4.78 is 34.3. The zero-order valence-corrected chi connectivity index (χ0v) is 46.0. The van der Waals surface area contributed by atoms with Crippen molar-refractivity contribution in [3.8, 4) is 0 Å². The monoisotopic (exact) mass is 1080 g/mol. The predicted molar refractivity (Wildman–Crippen MR) is 282 cm³/mol. The van der Waals surface area contributed by atoms with Crippen LogP contribution >= 0.6 is 0 Å². The second-order valence-electron chi connectivity index (χ2n) is 21.8. The Bertz CT molecular complexity index is 1390. The Kier molecular flexibility index (Phi) is 37.1. The normalized spacial score (nSPS) is 31.1. The van der Waals surface area contributed by atoms with Crippen LogP contribution in [0.15, 0.2) is 0 Å². The molecule has 0 aromatic rings. The zero-order valence-electron chi connectivity index (χ0n) is 46.0. The molecule has 3 heterocycles. The molecule has 17 unspecified atom stereocenters. The maximum absolute atomic E-state index is 13.3. The summed E-state index contributed by atoms with van der Waals surface area (Å²) in [5.41, 5.74) is 0. The Balaban J connectivity index is 1.49. The van der Waals surface area contributed by atoms with Gasteiger partial charge in [0.1, 0.15) is 73.2 Å². The summed E-state index contributed by atoms with van der Waals surface area (Å²) in [6.45, 7) is 1.79. The Hall–Kier alpha value is -1.21. The van der Waals surface area contributed by atoms with Crippen molar-refractivity contribution in [2.45, 2.75) is 324 Å². The lowest BCUT2D eigenvalue weighted by Crippen LogP contribution is -2.66. The fourth-order valence-corrected chi connectivity index (χ4v) is 10.5. The van der Waals surface area contributed by atoms with Crippen LogP contribution < -0.4 is 5.32 Å². The molecular formula is C56H107NO18. The molecule has 3 aliphatic heterocycles. The number of rotatable bonds is 44. The topological polar surface area (TPSA) is 307 Å².